The van der Waals surface area contributed by atoms with E-state index in [1.807, 2.05) is 18.2 Å². The maximum atomic E-state index is 13.3. The minimum absolute atomic E-state index is 0.0390. The van der Waals surface area contributed by atoms with Crippen molar-refractivity contribution in [3.05, 3.63) is 53.6 Å². The number of benzene rings is 2. The second-order valence-electron chi connectivity index (χ2n) is 9.06. The zero-order valence-electron chi connectivity index (χ0n) is 22.0. The molecule has 4 rings (SSSR count). The Labute approximate surface area is 228 Å². The highest BCUT2D eigenvalue weighted by Gasteiger charge is 2.30. The summed E-state index contributed by atoms with van der Waals surface area (Å²) in [5, 5.41) is 3.02. The molecule has 0 spiro atoms. The second-order valence-corrected chi connectivity index (χ2v) is 12.0. The Morgan fingerprint density at radius 3 is 2.38 bits per heavy atom. The largest absolute Gasteiger partial charge is 0.486 e. The van der Waals surface area contributed by atoms with Gasteiger partial charge < -0.3 is 29.5 Å². The lowest BCUT2D eigenvalue weighted by atomic mass is 10.1. The smallest absolute Gasteiger partial charge is 0.466 e. The molecule has 1 fully saturated rings. The quantitative estimate of drug-likeness (QED) is 0.320. The normalized spacial score (nSPS) is 17.4. The van der Waals surface area contributed by atoms with E-state index in [-0.39, 0.29) is 28.2 Å². The minimum atomic E-state index is -4.64. The van der Waals surface area contributed by atoms with Crippen LogP contribution in [0.3, 0.4) is 0 Å². The van der Waals surface area contributed by atoms with Gasteiger partial charge in [0.05, 0.1) is 10.5 Å². The van der Waals surface area contributed by atoms with Crippen LogP contribution in [-0.4, -0.2) is 83.6 Å². The predicted octanol–water partition coefficient (Wildman–Crippen LogP) is 1.95. The molecule has 1 atom stereocenters. The van der Waals surface area contributed by atoms with E-state index in [1.165, 1.54) is 22.0 Å². The molecule has 2 aromatic rings. The number of fused-ring (bicyclic) bond motifs is 1. The molecule has 0 aliphatic carbocycles. The average molecular weight is 586 g/mol. The fourth-order valence-corrected chi connectivity index (χ4v) is 6.12. The molecule has 4 N–H and O–H groups in total. The van der Waals surface area contributed by atoms with E-state index in [0.717, 1.165) is 25.9 Å². The molecule has 0 aromatic heterocycles. The first-order chi connectivity index (χ1) is 18.4. The molecule has 12 nitrogen and oxygen atoms in total. The molecule has 39 heavy (non-hydrogen) atoms. The standard InChI is InChI=1S/C25H33N3O5S.H3O4P/c1-3-28(4-2)34(30,31)21-15-22(24-23(16-21)32-13-14-33-24)25(29)26-17-20-11-8-12-27(20)18-19-9-6-5-7-10-19;1-5(2,3)4/h5-7,9-10,15-16,20H,3-4,8,11-14,17-18H2,1-2H3,(H,26,29);(H3,1,2,3,4). The van der Waals surface area contributed by atoms with E-state index in [1.54, 1.807) is 13.8 Å². The van der Waals surface area contributed by atoms with Gasteiger partial charge in [-0.1, -0.05) is 44.2 Å². The van der Waals surface area contributed by atoms with Crippen LogP contribution in [0.5, 0.6) is 11.5 Å². The average Bonchev–Trinajstić information content (AvgIpc) is 3.33. The van der Waals surface area contributed by atoms with Crippen molar-refractivity contribution in [1.82, 2.24) is 14.5 Å². The number of phosphoric acid groups is 1. The second kappa shape index (κ2) is 13.7. The number of hydrogen-bond donors (Lipinski definition) is 4. The first-order valence-electron chi connectivity index (χ1n) is 12.7. The number of rotatable bonds is 9. The van der Waals surface area contributed by atoms with Crippen molar-refractivity contribution in [2.45, 2.75) is 44.2 Å². The number of amides is 1. The molecular weight excluding hydrogens is 549 g/mol. The predicted molar refractivity (Wildman–Crippen MR) is 144 cm³/mol. The maximum Gasteiger partial charge on any atom is 0.466 e. The van der Waals surface area contributed by atoms with Gasteiger partial charge in [-0.15, -0.1) is 0 Å². The van der Waals surface area contributed by atoms with Crippen molar-refractivity contribution in [2.75, 3.05) is 39.4 Å². The summed E-state index contributed by atoms with van der Waals surface area (Å²) in [6.45, 7) is 7.17. The van der Waals surface area contributed by atoms with Gasteiger partial charge >= 0.3 is 7.82 Å². The number of nitrogens with one attached hydrogen (secondary N) is 1. The van der Waals surface area contributed by atoms with Gasteiger partial charge in [0.15, 0.2) is 11.5 Å². The van der Waals surface area contributed by atoms with Crippen molar-refractivity contribution < 1.29 is 41.9 Å². The van der Waals surface area contributed by atoms with Crippen molar-refractivity contribution in [3.8, 4) is 11.5 Å². The van der Waals surface area contributed by atoms with Gasteiger partial charge in [0, 0.05) is 38.3 Å². The Hall–Kier alpha value is -2.51. The van der Waals surface area contributed by atoms with Crippen LogP contribution >= 0.6 is 7.82 Å². The number of nitrogens with zero attached hydrogens (tertiary/aromatic N) is 2. The summed E-state index contributed by atoms with van der Waals surface area (Å²) in [6, 6.07) is 13.4. The molecule has 1 unspecified atom stereocenters. The van der Waals surface area contributed by atoms with E-state index in [2.05, 4.69) is 22.3 Å². The number of likely N-dealkylation sites (tertiary alicyclic amines) is 1. The highest BCUT2D eigenvalue weighted by Crippen LogP contribution is 2.37. The van der Waals surface area contributed by atoms with Crippen LogP contribution in [0.15, 0.2) is 47.4 Å². The Morgan fingerprint density at radius 2 is 1.74 bits per heavy atom. The molecule has 1 amide bonds. The topological polar surface area (TPSA) is 166 Å². The molecule has 2 aliphatic rings. The van der Waals surface area contributed by atoms with Gasteiger partial charge in [-0.2, -0.15) is 4.31 Å². The van der Waals surface area contributed by atoms with E-state index in [9.17, 15) is 13.2 Å². The summed E-state index contributed by atoms with van der Waals surface area (Å²) in [7, 11) is -8.39. The molecule has 2 aliphatic heterocycles. The van der Waals surface area contributed by atoms with Crippen LogP contribution in [0.2, 0.25) is 0 Å². The van der Waals surface area contributed by atoms with Gasteiger partial charge in [-0.3, -0.25) is 9.69 Å². The van der Waals surface area contributed by atoms with Crippen LogP contribution in [0, 0.1) is 0 Å². The van der Waals surface area contributed by atoms with E-state index < -0.39 is 17.8 Å². The summed E-state index contributed by atoms with van der Waals surface area (Å²) in [5.74, 6) is 0.232. The van der Waals surface area contributed by atoms with Crippen molar-refractivity contribution in [2.24, 2.45) is 0 Å². The summed E-state index contributed by atoms with van der Waals surface area (Å²) >= 11 is 0. The van der Waals surface area contributed by atoms with Crippen LogP contribution in [0.25, 0.3) is 0 Å². The Morgan fingerprint density at radius 1 is 1.10 bits per heavy atom. The molecule has 14 heteroatoms. The first-order valence-corrected chi connectivity index (χ1v) is 15.7. The van der Waals surface area contributed by atoms with Gasteiger partial charge in [0.1, 0.15) is 13.2 Å². The first kappa shape index (κ1) is 31.0. The molecule has 0 radical (unpaired) electrons. The van der Waals surface area contributed by atoms with E-state index in [4.69, 9.17) is 28.7 Å². The molecule has 2 aromatic carbocycles. The number of ether oxygens (including phenoxy) is 2. The van der Waals surface area contributed by atoms with Crippen molar-refractivity contribution >= 4 is 23.8 Å². The fourth-order valence-electron chi connectivity index (χ4n) is 4.62. The molecule has 0 saturated carbocycles. The Kier molecular flexibility index (Phi) is 10.9. The van der Waals surface area contributed by atoms with Crippen LogP contribution in [0.1, 0.15) is 42.6 Å². The summed E-state index contributed by atoms with van der Waals surface area (Å²) < 4.78 is 47.9. The lowest BCUT2D eigenvalue weighted by molar-refractivity contribution is 0.0928. The summed E-state index contributed by atoms with van der Waals surface area (Å²) in [5.41, 5.74) is 1.44. The third-order valence-corrected chi connectivity index (χ3v) is 8.46. The lowest BCUT2D eigenvalue weighted by Crippen LogP contribution is -2.40. The monoisotopic (exact) mass is 585 g/mol. The number of carbonyl (C=O) groups excluding carboxylic acids is 1. The minimum Gasteiger partial charge on any atom is -0.486 e. The van der Waals surface area contributed by atoms with Crippen molar-refractivity contribution in [3.63, 3.8) is 0 Å². The molecular formula is C25H36N3O9PS. The van der Waals surface area contributed by atoms with E-state index in [0.29, 0.717) is 38.6 Å². The van der Waals surface area contributed by atoms with Gasteiger partial charge in [-0.25, -0.2) is 13.0 Å². The highest BCUT2D eigenvalue weighted by molar-refractivity contribution is 7.89. The zero-order valence-corrected chi connectivity index (χ0v) is 23.7. The number of carbonyl (C=O) groups is 1. The fraction of sp³-hybridized carbons (Fsp3) is 0.480. The van der Waals surface area contributed by atoms with Gasteiger partial charge in [-0.05, 0) is 31.0 Å². The van der Waals surface area contributed by atoms with E-state index >= 15 is 0 Å². The number of hydrogen-bond acceptors (Lipinski definition) is 7. The van der Waals surface area contributed by atoms with Crippen LogP contribution < -0.4 is 14.8 Å². The van der Waals surface area contributed by atoms with Gasteiger partial charge in [0.25, 0.3) is 5.91 Å². The third kappa shape index (κ3) is 8.74. The summed E-state index contributed by atoms with van der Waals surface area (Å²) in [6.07, 6.45) is 2.08. The van der Waals surface area contributed by atoms with Gasteiger partial charge in [0.2, 0.25) is 10.0 Å². The third-order valence-electron chi connectivity index (χ3n) is 6.43. The van der Waals surface area contributed by atoms with Crippen LogP contribution in [0.4, 0.5) is 0 Å². The lowest BCUT2D eigenvalue weighted by Gasteiger charge is -2.26. The molecule has 0 bridgehead atoms. The number of sulfonamides is 1. The maximum absolute atomic E-state index is 13.3. The Bertz CT molecular complexity index is 1260. The molecule has 2 heterocycles. The SMILES string of the molecule is CCN(CC)S(=O)(=O)c1cc2c(c(C(=O)NCC3CCCN3Cc3ccccc3)c1)OCCO2.O=P(O)(O)O. The summed E-state index contributed by atoms with van der Waals surface area (Å²) in [4.78, 5) is 37.2. The highest BCUT2D eigenvalue weighted by atomic mass is 32.2. The zero-order chi connectivity index (χ0) is 28.6. The molecule has 216 valence electrons. The molecule has 1 saturated heterocycles. The Balaban J connectivity index is 0.000000771. The van der Waals surface area contributed by atoms with Crippen LogP contribution in [-0.2, 0) is 21.1 Å². The van der Waals surface area contributed by atoms with Crippen molar-refractivity contribution in [1.29, 1.82) is 0 Å².